The average molecular weight is 479 g/mol. The van der Waals surface area contributed by atoms with Gasteiger partial charge in [-0.3, -0.25) is 9.11 Å². The summed E-state index contributed by atoms with van der Waals surface area (Å²) in [6, 6.07) is 11.5. The smallest absolute Gasteiger partial charge is 0.182 e. The van der Waals surface area contributed by atoms with Crippen LogP contribution in [0, 0.1) is 0 Å². The van der Waals surface area contributed by atoms with Gasteiger partial charge in [0.25, 0.3) is 0 Å². The van der Waals surface area contributed by atoms with Crippen molar-refractivity contribution < 1.29 is 13.8 Å². The second-order valence-corrected chi connectivity index (χ2v) is 12.8. The zero-order valence-electron chi connectivity index (χ0n) is 19.2. The van der Waals surface area contributed by atoms with Crippen LogP contribution in [0.3, 0.4) is 0 Å². The predicted molar refractivity (Wildman–Crippen MR) is 135 cm³/mol. The Morgan fingerprint density at radius 3 is 2.41 bits per heavy atom. The van der Waals surface area contributed by atoms with E-state index in [0.717, 1.165) is 43.3 Å². The number of benzene rings is 1. The molecule has 0 amide bonds. The second kappa shape index (κ2) is 8.96. The van der Waals surface area contributed by atoms with Crippen molar-refractivity contribution in [3.8, 4) is 10.8 Å². The summed E-state index contributed by atoms with van der Waals surface area (Å²) in [4.78, 5) is 2.33. The number of hydrogen-bond donors (Lipinski definition) is 4. The Hall–Kier alpha value is -1.62. The zero-order valence-corrected chi connectivity index (χ0v) is 20.9. The van der Waals surface area contributed by atoms with Gasteiger partial charge in [0, 0.05) is 67.6 Å². The molecule has 176 valence electrons. The van der Waals surface area contributed by atoms with Crippen molar-refractivity contribution in [1.29, 1.82) is 0 Å². The Kier molecular flexibility index (Phi) is 6.59. The predicted octanol–water partition coefficient (Wildman–Crippen LogP) is 5.36. The Balaban J connectivity index is 1.48. The fourth-order valence-electron chi connectivity index (χ4n) is 4.66. The van der Waals surface area contributed by atoms with Crippen LogP contribution < -0.4 is 20.3 Å². The van der Waals surface area contributed by atoms with Gasteiger partial charge < -0.3 is 20.3 Å². The van der Waals surface area contributed by atoms with E-state index in [9.17, 15) is 9.11 Å². The highest BCUT2D eigenvalue weighted by Gasteiger charge is 2.36. The highest BCUT2D eigenvalue weighted by molar-refractivity contribution is 8.24. The molecule has 9 heteroatoms. The van der Waals surface area contributed by atoms with E-state index in [1.54, 1.807) is 12.1 Å². The first-order valence-electron chi connectivity index (χ1n) is 11.0. The lowest BCUT2D eigenvalue weighted by Gasteiger charge is -2.43. The van der Waals surface area contributed by atoms with E-state index < -0.39 is 10.8 Å². The van der Waals surface area contributed by atoms with Gasteiger partial charge in [0.05, 0.1) is 0 Å². The molecule has 4 rings (SSSR count). The Morgan fingerprint density at radius 2 is 1.72 bits per heavy atom. The van der Waals surface area contributed by atoms with Gasteiger partial charge in [-0.15, -0.1) is 0 Å². The Labute approximate surface area is 196 Å². The van der Waals surface area contributed by atoms with Gasteiger partial charge in [-0.1, -0.05) is 28.2 Å². The number of nitrogens with zero attached hydrogens (tertiary/aromatic N) is 2. The van der Waals surface area contributed by atoms with Crippen LogP contribution in [-0.2, 0) is 0 Å². The minimum absolute atomic E-state index is 0.144. The summed E-state index contributed by atoms with van der Waals surface area (Å²) >= 11 is 1.23. The van der Waals surface area contributed by atoms with Crippen molar-refractivity contribution in [2.75, 3.05) is 31.1 Å². The van der Waals surface area contributed by atoms with Crippen molar-refractivity contribution in [3.05, 3.63) is 36.4 Å². The normalized spacial score (nSPS) is 21.3. The maximum atomic E-state index is 10.8. The molecule has 0 aliphatic carbocycles. The molecule has 0 atom stereocenters. The van der Waals surface area contributed by atoms with Crippen LogP contribution in [-0.4, -0.2) is 52.1 Å². The molecule has 1 aromatic carbocycles. The zero-order chi connectivity index (χ0) is 23.0. The van der Waals surface area contributed by atoms with Gasteiger partial charge in [0.15, 0.2) is 5.06 Å². The molecule has 0 unspecified atom stereocenters. The number of rotatable bonds is 5. The topological polar surface area (TPSA) is 89.4 Å². The van der Waals surface area contributed by atoms with Gasteiger partial charge in [-0.25, -0.2) is 0 Å². The third-order valence-electron chi connectivity index (χ3n) is 5.57. The van der Waals surface area contributed by atoms with Crippen LogP contribution in [0.4, 0.5) is 5.69 Å². The molecular formula is C23H34N4O3S2. The van der Waals surface area contributed by atoms with Gasteiger partial charge in [-0.05, 0) is 52.0 Å². The minimum atomic E-state index is -3.27. The van der Waals surface area contributed by atoms with E-state index in [2.05, 4.69) is 53.7 Å². The van der Waals surface area contributed by atoms with Crippen molar-refractivity contribution in [2.24, 2.45) is 4.40 Å². The lowest BCUT2D eigenvalue weighted by molar-refractivity contribution is 0.252. The summed E-state index contributed by atoms with van der Waals surface area (Å²) in [6.45, 7) is 12.3. The summed E-state index contributed by atoms with van der Waals surface area (Å²) in [5, 5.41) is 7.57. The number of piperidine rings is 1. The first kappa shape index (κ1) is 23.5. The molecule has 1 aromatic heterocycles. The lowest BCUT2D eigenvalue weighted by atomic mass is 9.82. The highest BCUT2D eigenvalue weighted by atomic mass is 32.3. The van der Waals surface area contributed by atoms with Gasteiger partial charge in [-0.2, -0.15) is 4.40 Å². The Bertz CT molecular complexity index is 963. The van der Waals surface area contributed by atoms with E-state index in [1.807, 2.05) is 18.2 Å². The lowest BCUT2D eigenvalue weighted by Crippen LogP contribution is -2.58. The fourth-order valence-corrected chi connectivity index (χ4v) is 6.91. The fraction of sp³-hybridized carbons (Fsp3) is 0.522. The summed E-state index contributed by atoms with van der Waals surface area (Å²) in [5.41, 5.74) is 1.68. The third kappa shape index (κ3) is 5.84. The summed E-state index contributed by atoms with van der Waals surface area (Å²) in [7, 11) is -3.27. The number of anilines is 1. The molecule has 2 aliphatic heterocycles. The molecule has 0 bridgehead atoms. The molecule has 4 N–H and O–H groups in total. The molecule has 0 radical (unpaired) electrons. The largest absolute Gasteiger partial charge is 0.447 e. The van der Waals surface area contributed by atoms with Gasteiger partial charge in [0.2, 0.25) is 0 Å². The number of ether oxygens (including phenoxy) is 1. The molecule has 2 saturated heterocycles. The van der Waals surface area contributed by atoms with Gasteiger partial charge >= 0.3 is 0 Å². The summed E-state index contributed by atoms with van der Waals surface area (Å²) in [6.07, 6.45) is 1.36. The van der Waals surface area contributed by atoms with Crippen LogP contribution in [0.1, 0.15) is 40.5 Å². The van der Waals surface area contributed by atoms with E-state index >= 15 is 0 Å². The number of nitrogens with one attached hydrogen (secondary N) is 2. The standard InChI is InChI=1S/C23H34N4O3S2/c1-22(2)15-17(16-23(3,4)26-22)25-32(28,29)21-9-8-20(31-21)30-19-7-5-6-18(14-19)27-12-10-24-11-13-27/h5-9,14,24,26,28-29H,10-13,15-16H2,1-4H3. The Morgan fingerprint density at radius 1 is 1.03 bits per heavy atom. The first-order chi connectivity index (χ1) is 15.0. The number of thiophene rings is 1. The van der Waals surface area contributed by atoms with Crippen molar-refractivity contribution in [2.45, 2.75) is 55.8 Å². The van der Waals surface area contributed by atoms with Crippen molar-refractivity contribution in [3.63, 3.8) is 0 Å². The SMILES string of the molecule is CC1(C)CC(=NS(O)(O)c2ccc(Oc3cccc(N4CCNCC4)c3)s2)CC(C)(C)N1. The maximum Gasteiger partial charge on any atom is 0.182 e. The van der Waals surface area contributed by atoms with E-state index in [1.165, 1.54) is 11.3 Å². The second-order valence-electron chi connectivity index (χ2n) is 9.83. The van der Waals surface area contributed by atoms with Gasteiger partial charge in [0.1, 0.15) is 9.96 Å². The molecular weight excluding hydrogens is 444 g/mol. The van der Waals surface area contributed by atoms with E-state index in [4.69, 9.17) is 4.74 Å². The summed E-state index contributed by atoms with van der Waals surface area (Å²) in [5.74, 6) is 0.735. The molecule has 0 saturated carbocycles. The molecule has 3 heterocycles. The van der Waals surface area contributed by atoms with E-state index in [0.29, 0.717) is 22.1 Å². The highest BCUT2D eigenvalue weighted by Crippen LogP contribution is 2.55. The molecule has 0 spiro atoms. The molecule has 2 fully saturated rings. The number of piperazine rings is 1. The quantitative estimate of drug-likeness (QED) is 0.463. The van der Waals surface area contributed by atoms with Crippen LogP contribution in [0.2, 0.25) is 0 Å². The average Bonchev–Trinajstić information content (AvgIpc) is 3.15. The van der Waals surface area contributed by atoms with Crippen LogP contribution >= 0.6 is 22.1 Å². The van der Waals surface area contributed by atoms with Crippen molar-refractivity contribution in [1.82, 2.24) is 10.6 Å². The first-order valence-corrected chi connectivity index (χ1v) is 13.3. The van der Waals surface area contributed by atoms with Crippen LogP contribution in [0.5, 0.6) is 10.8 Å². The van der Waals surface area contributed by atoms with Crippen LogP contribution in [0.25, 0.3) is 0 Å². The summed E-state index contributed by atoms with van der Waals surface area (Å²) < 4.78 is 32.6. The molecule has 32 heavy (non-hydrogen) atoms. The molecule has 2 aromatic rings. The monoisotopic (exact) mass is 478 g/mol. The van der Waals surface area contributed by atoms with E-state index in [-0.39, 0.29) is 11.1 Å². The number of hydrogen-bond acceptors (Lipinski definition) is 8. The molecule has 2 aliphatic rings. The minimum Gasteiger partial charge on any atom is -0.447 e. The molecule has 7 nitrogen and oxygen atoms in total. The maximum absolute atomic E-state index is 10.8. The van der Waals surface area contributed by atoms with Crippen molar-refractivity contribution >= 4 is 33.5 Å². The van der Waals surface area contributed by atoms with Crippen LogP contribution in [0.15, 0.2) is 45.0 Å². The third-order valence-corrected chi connectivity index (χ3v) is 8.44.